The van der Waals surface area contributed by atoms with E-state index >= 15 is 0 Å². The molecule has 236 valence electrons. The highest BCUT2D eigenvalue weighted by molar-refractivity contribution is 6.14. The van der Waals surface area contributed by atoms with E-state index in [4.69, 9.17) is 4.42 Å². The van der Waals surface area contributed by atoms with Crippen LogP contribution in [0.15, 0.2) is 205 Å². The van der Waals surface area contributed by atoms with E-state index in [1.807, 2.05) is 12.1 Å². The van der Waals surface area contributed by atoms with Crippen molar-refractivity contribution in [1.82, 2.24) is 0 Å². The van der Waals surface area contributed by atoms with E-state index in [2.05, 4.69) is 193 Å². The number of fused-ring (bicyclic) bond motifs is 3. The number of benzene rings is 8. The Morgan fingerprint density at radius 1 is 0.300 bits per heavy atom. The van der Waals surface area contributed by atoms with Gasteiger partial charge in [-0.25, -0.2) is 0 Å². The van der Waals surface area contributed by atoms with Crippen LogP contribution in [0.2, 0.25) is 0 Å². The first kappa shape index (κ1) is 29.5. The highest BCUT2D eigenvalue weighted by atomic mass is 16.3. The molecule has 0 N–H and O–H groups in total. The average molecular weight is 640 g/mol. The number of hydrogen-bond acceptors (Lipinski definition) is 2. The summed E-state index contributed by atoms with van der Waals surface area (Å²) >= 11 is 0. The van der Waals surface area contributed by atoms with Crippen LogP contribution in [-0.2, 0) is 0 Å². The molecule has 0 bridgehead atoms. The van der Waals surface area contributed by atoms with Gasteiger partial charge in [0.1, 0.15) is 11.2 Å². The summed E-state index contributed by atoms with van der Waals surface area (Å²) in [5.74, 6) is 0. The molecule has 0 spiro atoms. The van der Waals surface area contributed by atoms with Gasteiger partial charge in [0.15, 0.2) is 0 Å². The quantitative estimate of drug-likeness (QED) is 0.173. The maximum atomic E-state index is 6.41. The molecule has 1 heterocycles. The molecule has 0 aliphatic heterocycles. The fourth-order valence-electron chi connectivity index (χ4n) is 7.22. The zero-order chi connectivity index (χ0) is 33.3. The number of furan rings is 1. The second kappa shape index (κ2) is 12.8. The highest BCUT2D eigenvalue weighted by Crippen LogP contribution is 2.48. The molecule has 50 heavy (non-hydrogen) atoms. The third-order valence-electron chi connectivity index (χ3n) is 9.52. The van der Waals surface area contributed by atoms with Gasteiger partial charge in [0.05, 0.1) is 16.8 Å². The van der Waals surface area contributed by atoms with Crippen molar-refractivity contribution in [2.45, 2.75) is 0 Å². The van der Waals surface area contributed by atoms with Gasteiger partial charge in [-0.15, -0.1) is 0 Å². The number of nitrogens with zero attached hydrogens (tertiary/aromatic N) is 1. The second-order valence-corrected chi connectivity index (χ2v) is 12.5. The van der Waals surface area contributed by atoms with Crippen molar-refractivity contribution in [3.8, 4) is 44.5 Å². The summed E-state index contributed by atoms with van der Waals surface area (Å²) in [5, 5.41) is 2.19. The van der Waals surface area contributed by atoms with Crippen LogP contribution < -0.4 is 4.90 Å². The van der Waals surface area contributed by atoms with Crippen molar-refractivity contribution < 1.29 is 4.42 Å². The molecule has 0 atom stereocenters. The molecule has 8 aromatic carbocycles. The van der Waals surface area contributed by atoms with Gasteiger partial charge in [-0.2, -0.15) is 0 Å². The van der Waals surface area contributed by atoms with Crippen molar-refractivity contribution in [2.75, 3.05) is 4.90 Å². The summed E-state index contributed by atoms with van der Waals surface area (Å²) < 4.78 is 6.41. The normalized spacial score (nSPS) is 11.2. The molecule has 0 amide bonds. The predicted molar refractivity (Wildman–Crippen MR) is 210 cm³/mol. The molecule has 0 unspecified atom stereocenters. The topological polar surface area (TPSA) is 16.4 Å². The Hall–Kier alpha value is -6.64. The first-order valence-electron chi connectivity index (χ1n) is 17.0. The molecule has 0 saturated heterocycles. The molecule has 2 nitrogen and oxygen atoms in total. The summed E-state index contributed by atoms with van der Waals surface area (Å²) in [6.45, 7) is 0. The summed E-state index contributed by atoms with van der Waals surface area (Å²) in [4.78, 5) is 2.40. The molecule has 0 radical (unpaired) electrons. The van der Waals surface area contributed by atoms with Gasteiger partial charge >= 0.3 is 0 Å². The van der Waals surface area contributed by atoms with Gasteiger partial charge in [-0.1, -0.05) is 164 Å². The van der Waals surface area contributed by atoms with Crippen LogP contribution in [0.4, 0.5) is 17.1 Å². The SMILES string of the molecule is c1ccc(-c2ccc(N(c3ccccc3-c3ccccc3-c3ccccc3-c3ccccc3)c3cccc4oc5ccccc5c34)cc2)cc1. The maximum absolute atomic E-state index is 6.41. The van der Waals surface area contributed by atoms with E-state index in [1.54, 1.807) is 0 Å². The number of hydrogen-bond donors (Lipinski definition) is 0. The largest absolute Gasteiger partial charge is 0.456 e. The Bertz CT molecular complexity index is 2580. The standard InChI is InChI=1S/C48H33NO/c1-3-16-34(17-4-1)35-30-32-37(33-31-35)49(45-27-15-29-47-48(45)43-25-12-14-28-46(43)50-47)44-26-13-11-24-42(44)41-23-10-9-22-40(41)39-21-8-7-20-38(39)36-18-5-2-6-19-36/h1-33H. The summed E-state index contributed by atoms with van der Waals surface area (Å²) in [7, 11) is 0. The zero-order valence-electron chi connectivity index (χ0n) is 27.4. The molecule has 0 aliphatic carbocycles. The fourth-order valence-corrected chi connectivity index (χ4v) is 7.22. The van der Waals surface area contributed by atoms with Crippen LogP contribution in [-0.4, -0.2) is 0 Å². The summed E-state index contributed by atoms with van der Waals surface area (Å²) in [5.41, 5.74) is 14.4. The molecular weight excluding hydrogens is 607 g/mol. The Morgan fingerprint density at radius 2 is 0.780 bits per heavy atom. The van der Waals surface area contributed by atoms with Crippen LogP contribution in [0.3, 0.4) is 0 Å². The maximum Gasteiger partial charge on any atom is 0.137 e. The Morgan fingerprint density at radius 3 is 1.50 bits per heavy atom. The molecule has 2 heteroatoms. The average Bonchev–Trinajstić information content (AvgIpc) is 3.59. The minimum absolute atomic E-state index is 0.865. The summed E-state index contributed by atoms with van der Waals surface area (Å²) in [6, 6.07) is 71.1. The molecule has 9 rings (SSSR count). The lowest BCUT2D eigenvalue weighted by atomic mass is 9.88. The van der Waals surface area contributed by atoms with E-state index < -0.39 is 0 Å². The molecule has 0 fully saturated rings. The number of rotatable bonds is 7. The molecular formula is C48H33NO. The Kier molecular flexibility index (Phi) is 7.53. The van der Waals surface area contributed by atoms with Crippen LogP contribution in [0, 0.1) is 0 Å². The first-order valence-corrected chi connectivity index (χ1v) is 17.0. The van der Waals surface area contributed by atoms with Gasteiger partial charge in [0.25, 0.3) is 0 Å². The van der Waals surface area contributed by atoms with E-state index in [0.717, 1.165) is 44.6 Å². The predicted octanol–water partition coefficient (Wildman–Crippen LogP) is 13.7. The van der Waals surface area contributed by atoms with E-state index in [9.17, 15) is 0 Å². The lowest BCUT2D eigenvalue weighted by molar-refractivity contribution is 0.669. The van der Waals surface area contributed by atoms with Crippen molar-refractivity contribution in [2.24, 2.45) is 0 Å². The molecule has 0 saturated carbocycles. The van der Waals surface area contributed by atoms with Crippen molar-refractivity contribution in [3.05, 3.63) is 200 Å². The molecule has 0 aliphatic rings. The van der Waals surface area contributed by atoms with Gasteiger partial charge < -0.3 is 9.32 Å². The lowest BCUT2D eigenvalue weighted by Gasteiger charge is -2.29. The van der Waals surface area contributed by atoms with Gasteiger partial charge in [-0.3, -0.25) is 0 Å². The fraction of sp³-hybridized carbons (Fsp3) is 0. The Balaban J connectivity index is 1.28. The van der Waals surface area contributed by atoms with Crippen LogP contribution in [0.25, 0.3) is 66.4 Å². The summed E-state index contributed by atoms with van der Waals surface area (Å²) in [6.07, 6.45) is 0. The van der Waals surface area contributed by atoms with Crippen molar-refractivity contribution in [1.29, 1.82) is 0 Å². The lowest BCUT2D eigenvalue weighted by Crippen LogP contribution is -2.11. The molecule has 1 aromatic heterocycles. The van der Waals surface area contributed by atoms with Crippen LogP contribution in [0.5, 0.6) is 0 Å². The van der Waals surface area contributed by atoms with Gasteiger partial charge in [0.2, 0.25) is 0 Å². The van der Waals surface area contributed by atoms with Gasteiger partial charge in [-0.05, 0) is 75.3 Å². The van der Waals surface area contributed by atoms with Crippen LogP contribution >= 0.6 is 0 Å². The van der Waals surface area contributed by atoms with E-state index in [-0.39, 0.29) is 0 Å². The smallest absolute Gasteiger partial charge is 0.137 e. The first-order chi connectivity index (χ1) is 24.8. The van der Waals surface area contributed by atoms with E-state index in [0.29, 0.717) is 0 Å². The second-order valence-electron chi connectivity index (χ2n) is 12.5. The number of anilines is 3. The minimum Gasteiger partial charge on any atom is -0.456 e. The van der Waals surface area contributed by atoms with E-state index in [1.165, 1.54) is 38.9 Å². The molecule has 9 aromatic rings. The third-order valence-corrected chi connectivity index (χ3v) is 9.52. The van der Waals surface area contributed by atoms with Gasteiger partial charge in [0, 0.05) is 16.6 Å². The minimum atomic E-state index is 0.865. The van der Waals surface area contributed by atoms with Crippen molar-refractivity contribution in [3.63, 3.8) is 0 Å². The monoisotopic (exact) mass is 639 g/mol. The van der Waals surface area contributed by atoms with Crippen molar-refractivity contribution >= 4 is 39.0 Å². The third kappa shape index (κ3) is 5.24. The Labute approximate surface area is 292 Å². The zero-order valence-corrected chi connectivity index (χ0v) is 27.4. The highest BCUT2D eigenvalue weighted by Gasteiger charge is 2.23. The van der Waals surface area contributed by atoms with Crippen LogP contribution in [0.1, 0.15) is 0 Å². The number of para-hydroxylation sites is 2.